The second-order valence-corrected chi connectivity index (χ2v) is 7.94. The molecule has 0 radical (unpaired) electrons. The number of benzene rings is 2. The van der Waals surface area contributed by atoms with Crippen molar-refractivity contribution in [1.29, 1.82) is 0 Å². The Balaban J connectivity index is 1.51. The van der Waals surface area contributed by atoms with Crippen molar-refractivity contribution in [3.63, 3.8) is 0 Å². The number of aromatic nitrogens is 1. The third-order valence-corrected chi connectivity index (χ3v) is 5.85. The van der Waals surface area contributed by atoms with Crippen LogP contribution in [0.15, 0.2) is 60.0 Å². The number of amides is 1. The van der Waals surface area contributed by atoms with Gasteiger partial charge in [-0.15, -0.1) is 11.3 Å². The minimum Gasteiger partial charge on any atom is -0.497 e. The number of ether oxygens (including phenoxy) is 1. The number of nitrogens with one attached hydrogen (secondary N) is 1. The Labute approximate surface area is 174 Å². The number of anilines is 2. The Hall–Kier alpha value is -2.90. The van der Waals surface area contributed by atoms with Crippen LogP contribution in [0.3, 0.4) is 0 Å². The maximum Gasteiger partial charge on any atom is 0.274 e. The summed E-state index contributed by atoms with van der Waals surface area (Å²) in [7, 11) is 3.74. The summed E-state index contributed by atoms with van der Waals surface area (Å²) in [4.78, 5) is 22.0. The molecule has 1 N–H and O–H groups in total. The first kappa shape index (κ1) is 19.4. The van der Waals surface area contributed by atoms with Crippen LogP contribution in [-0.2, 0) is 0 Å². The lowest BCUT2D eigenvalue weighted by Crippen LogP contribution is -2.49. The van der Waals surface area contributed by atoms with Gasteiger partial charge in [0.2, 0.25) is 0 Å². The molecule has 0 spiro atoms. The van der Waals surface area contributed by atoms with Gasteiger partial charge in [0.05, 0.1) is 13.2 Å². The van der Waals surface area contributed by atoms with E-state index in [1.54, 1.807) is 7.11 Å². The number of carbonyl (C=O) groups excluding carboxylic acids is 1. The summed E-state index contributed by atoms with van der Waals surface area (Å²) in [5.41, 5.74) is 2.54. The maximum absolute atomic E-state index is 13.2. The van der Waals surface area contributed by atoms with Crippen LogP contribution < -0.4 is 10.1 Å². The molecule has 150 valence electrons. The average Bonchev–Trinajstić information content (AvgIpc) is 3.23. The van der Waals surface area contributed by atoms with Crippen molar-refractivity contribution in [3.05, 3.63) is 71.2 Å². The quantitative estimate of drug-likeness (QED) is 0.691. The van der Waals surface area contributed by atoms with Crippen molar-refractivity contribution < 1.29 is 9.53 Å². The van der Waals surface area contributed by atoms with E-state index >= 15 is 0 Å². The maximum atomic E-state index is 13.2. The summed E-state index contributed by atoms with van der Waals surface area (Å²) in [5, 5.41) is 5.78. The molecule has 1 aliphatic heterocycles. The van der Waals surface area contributed by atoms with Gasteiger partial charge >= 0.3 is 0 Å². The Morgan fingerprint density at radius 1 is 1.14 bits per heavy atom. The number of nitrogens with zero attached hydrogens (tertiary/aromatic N) is 3. The van der Waals surface area contributed by atoms with Crippen molar-refractivity contribution in [2.75, 3.05) is 39.1 Å². The Kier molecular flexibility index (Phi) is 5.78. The molecule has 1 atom stereocenters. The van der Waals surface area contributed by atoms with E-state index in [4.69, 9.17) is 4.74 Å². The van der Waals surface area contributed by atoms with E-state index in [1.807, 2.05) is 52.7 Å². The van der Waals surface area contributed by atoms with Crippen molar-refractivity contribution >= 4 is 28.1 Å². The Morgan fingerprint density at radius 2 is 1.90 bits per heavy atom. The molecule has 1 saturated heterocycles. The van der Waals surface area contributed by atoms with Crippen LogP contribution in [0.1, 0.15) is 22.1 Å². The van der Waals surface area contributed by atoms with Crippen LogP contribution in [0.4, 0.5) is 10.8 Å². The predicted octanol–water partition coefficient (Wildman–Crippen LogP) is 4.02. The van der Waals surface area contributed by atoms with Crippen LogP contribution in [0.5, 0.6) is 5.75 Å². The van der Waals surface area contributed by atoms with Gasteiger partial charge in [-0.1, -0.05) is 30.3 Å². The predicted molar refractivity (Wildman–Crippen MR) is 116 cm³/mol. The third kappa shape index (κ3) is 4.41. The molecule has 6 nitrogen and oxygen atoms in total. The Morgan fingerprint density at radius 3 is 2.62 bits per heavy atom. The lowest BCUT2D eigenvalue weighted by atomic mass is 10.0. The number of thiazole rings is 1. The highest BCUT2D eigenvalue weighted by Gasteiger charge is 2.31. The highest BCUT2D eigenvalue weighted by atomic mass is 32.1. The first-order valence-electron chi connectivity index (χ1n) is 9.55. The van der Waals surface area contributed by atoms with Crippen LogP contribution in [0.25, 0.3) is 0 Å². The molecule has 1 aromatic heterocycles. The largest absolute Gasteiger partial charge is 0.497 e. The van der Waals surface area contributed by atoms with Crippen molar-refractivity contribution in [2.45, 2.75) is 6.04 Å². The molecule has 0 saturated carbocycles. The number of hydrogen-bond acceptors (Lipinski definition) is 6. The number of likely N-dealkylation sites (N-methyl/N-ethyl adjacent to an activating group) is 1. The molecule has 1 amide bonds. The fourth-order valence-corrected chi connectivity index (χ4v) is 4.20. The molecular formula is C22H24N4O2S. The van der Waals surface area contributed by atoms with Crippen molar-refractivity contribution in [1.82, 2.24) is 14.8 Å². The SMILES string of the molecule is COc1ccc(Nc2nc(C(=O)N3CCN(C)CC3c3ccccc3)cs2)cc1. The van der Waals surface area contributed by atoms with E-state index in [1.165, 1.54) is 11.3 Å². The van der Waals surface area contributed by atoms with E-state index < -0.39 is 0 Å². The minimum atomic E-state index is -0.0222. The highest BCUT2D eigenvalue weighted by Crippen LogP contribution is 2.28. The zero-order chi connectivity index (χ0) is 20.2. The summed E-state index contributed by atoms with van der Waals surface area (Å²) < 4.78 is 5.18. The van der Waals surface area contributed by atoms with Crippen LogP contribution >= 0.6 is 11.3 Å². The molecular weight excluding hydrogens is 384 g/mol. The van der Waals surface area contributed by atoms with Crippen molar-refractivity contribution in [3.8, 4) is 5.75 Å². The minimum absolute atomic E-state index is 0.0222. The first-order chi connectivity index (χ1) is 14.1. The van der Waals surface area contributed by atoms with Gasteiger partial charge in [-0.05, 0) is 36.9 Å². The van der Waals surface area contributed by atoms with Gasteiger partial charge in [-0.2, -0.15) is 0 Å². The van der Waals surface area contributed by atoms with Gasteiger partial charge in [-0.25, -0.2) is 4.98 Å². The normalized spacial score (nSPS) is 17.2. The average molecular weight is 409 g/mol. The lowest BCUT2D eigenvalue weighted by Gasteiger charge is -2.40. The van der Waals surface area contributed by atoms with E-state index in [9.17, 15) is 4.79 Å². The Bertz CT molecular complexity index is 958. The molecule has 7 heteroatoms. The topological polar surface area (TPSA) is 57.7 Å². The molecule has 29 heavy (non-hydrogen) atoms. The van der Waals surface area contributed by atoms with Crippen LogP contribution in [0.2, 0.25) is 0 Å². The smallest absolute Gasteiger partial charge is 0.274 e. The zero-order valence-electron chi connectivity index (χ0n) is 16.5. The summed E-state index contributed by atoms with van der Waals surface area (Å²) in [6, 6.07) is 17.9. The molecule has 2 aromatic carbocycles. The van der Waals surface area contributed by atoms with E-state index in [0.29, 0.717) is 17.4 Å². The highest BCUT2D eigenvalue weighted by molar-refractivity contribution is 7.14. The summed E-state index contributed by atoms with van der Waals surface area (Å²) in [6.45, 7) is 2.36. The van der Waals surface area contributed by atoms with Gasteiger partial charge in [0, 0.05) is 30.7 Å². The molecule has 2 heterocycles. The summed E-state index contributed by atoms with van der Waals surface area (Å²) in [6.07, 6.45) is 0. The zero-order valence-corrected chi connectivity index (χ0v) is 17.4. The summed E-state index contributed by atoms with van der Waals surface area (Å²) in [5.74, 6) is 0.776. The van der Waals surface area contributed by atoms with Gasteiger partial charge in [-0.3, -0.25) is 4.79 Å². The van der Waals surface area contributed by atoms with Gasteiger partial charge in [0.1, 0.15) is 11.4 Å². The fourth-order valence-electron chi connectivity index (χ4n) is 3.50. The number of carbonyl (C=O) groups is 1. The van der Waals surface area contributed by atoms with Crippen molar-refractivity contribution in [2.24, 2.45) is 0 Å². The van der Waals surface area contributed by atoms with E-state index in [-0.39, 0.29) is 11.9 Å². The number of piperazine rings is 1. The number of methoxy groups -OCH3 is 1. The van der Waals surface area contributed by atoms with E-state index in [2.05, 4.69) is 34.4 Å². The molecule has 4 rings (SSSR count). The molecule has 0 bridgehead atoms. The molecule has 1 aliphatic rings. The number of hydrogen-bond donors (Lipinski definition) is 1. The van der Waals surface area contributed by atoms with E-state index in [0.717, 1.165) is 30.1 Å². The molecule has 3 aromatic rings. The van der Waals surface area contributed by atoms with Crippen LogP contribution in [0, 0.1) is 0 Å². The monoisotopic (exact) mass is 408 g/mol. The molecule has 1 unspecified atom stereocenters. The van der Waals surface area contributed by atoms with Gasteiger partial charge in [0.25, 0.3) is 5.91 Å². The van der Waals surface area contributed by atoms with Crippen LogP contribution in [-0.4, -0.2) is 54.5 Å². The summed E-state index contributed by atoms with van der Waals surface area (Å²) >= 11 is 1.43. The molecule has 0 aliphatic carbocycles. The fraction of sp³-hybridized carbons (Fsp3) is 0.273. The second-order valence-electron chi connectivity index (χ2n) is 7.08. The number of rotatable bonds is 5. The lowest BCUT2D eigenvalue weighted by molar-refractivity contribution is 0.0493. The molecule has 1 fully saturated rings. The van der Waals surface area contributed by atoms with Gasteiger partial charge in [0.15, 0.2) is 5.13 Å². The van der Waals surface area contributed by atoms with Gasteiger partial charge < -0.3 is 19.9 Å². The third-order valence-electron chi connectivity index (χ3n) is 5.09. The standard InChI is InChI=1S/C22H24N4O2S/c1-25-12-13-26(20(14-25)16-6-4-3-5-7-16)21(27)19-15-29-22(24-19)23-17-8-10-18(28-2)11-9-17/h3-11,15,20H,12-14H2,1-2H3,(H,23,24). The second kappa shape index (κ2) is 8.63. The first-order valence-corrected chi connectivity index (χ1v) is 10.4.